The van der Waals surface area contributed by atoms with Crippen LogP contribution < -0.4 is 10.1 Å². The molecule has 0 aliphatic heterocycles. The largest absolute Gasteiger partial charge is 0.464 e. The highest BCUT2D eigenvalue weighted by molar-refractivity contribution is 5.63. The minimum absolute atomic E-state index is 0.357. The molecule has 0 fully saturated rings. The quantitative estimate of drug-likeness (QED) is 0.914. The van der Waals surface area contributed by atoms with Crippen LogP contribution in [-0.2, 0) is 0 Å². The molecule has 0 saturated carbocycles. The molecular formula is C16H22N4O. The van der Waals surface area contributed by atoms with Crippen molar-refractivity contribution in [1.82, 2.24) is 15.0 Å². The van der Waals surface area contributed by atoms with Crippen molar-refractivity contribution in [1.29, 1.82) is 0 Å². The standard InChI is InChI=1S/C16H22N4O/c1-6-17-15-18-14(19-16(20-15)21-7-2)13-9-11(4)10(3)8-12(13)5/h8-9H,6-7H2,1-5H3,(H,17,18,19,20). The summed E-state index contributed by atoms with van der Waals surface area (Å²) in [7, 11) is 0. The predicted molar refractivity (Wildman–Crippen MR) is 84.8 cm³/mol. The Hall–Kier alpha value is -2.17. The molecule has 5 heteroatoms. The third kappa shape index (κ3) is 3.48. The van der Waals surface area contributed by atoms with Crippen LogP contribution in [0.4, 0.5) is 5.95 Å². The fraction of sp³-hybridized carbons (Fsp3) is 0.438. The van der Waals surface area contributed by atoms with E-state index in [4.69, 9.17) is 4.74 Å². The molecule has 0 bridgehead atoms. The first-order valence-corrected chi connectivity index (χ1v) is 7.26. The molecule has 0 aliphatic rings. The van der Waals surface area contributed by atoms with Gasteiger partial charge < -0.3 is 10.1 Å². The molecule has 1 N–H and O–H groups in total. The van der Waals surface area contributed by atoms with E-state index in [9.17, 15) is 0 Å². The number of anilines is 1. The summed E-state index contributed by atoms with van der Waals surface area (Å²) >= 11 is 0. The lowest BCUT2D eigenvalue weighted by atomic mass is 10.0. The van der Waals surface area contributed by atoms with Crippen LogP contribution in [0.2, 0.25) is 0 Å². The Bertz CT molecular complexity index is 616. The number of aryl methyl sites for hydroxylation is 3. The van der Waals surface area contributed by atoms with Gasteiger partial charge in [-0.25, -0.2) is 0 Å². The van der Waals surface area contributed by atoms with Crippen molar-refractivity contribution < 1.29 is 4.74 Å². The van der Waals surface area contributed by atoms with Crippen LogP contribution in [0.25, 0.3) is 11.4 Å². The highest BCUT2D eigenvalue weighted by atomic mass is 16.5. The molecule has 0 unspecified atom stereocenters. The van der Waals surface area contributed by atoms with Gasteiger partial charge in [-0.3, -0.25) is 0 Å². The lowest BCUT2D eigenvalue weighted by Crippen LogP contribution is -2.08. The van der Waals surface area contributed by atoms with Crippen molar-refractivity contribution in [2.45, 2.75) is 34.6 Å². The number of rotatable bonds is 5. The molecule has 1 aromatic carbocycles. The fourth-order valence-electron chi connectivity index (χ4n) is 2.11. The molecule has 0 atom stereocenters. The third-order valence-electron chi connectivity index (χ3n) is 3.30. The molecule has 1 aromatic heterocycles. The van der Waals surface area contributed by atoms with Crippen LogP contribution in [0.15, 0.2) is 12.1 Å². The molecule has 0 amide bonds. The third-order valence-corrected chi connectivity index (χ3v) is 3.30. The number of nitrogens with zero attached hydrogens (tertiary/aromatic N) is 3. The van der Waals surface area contributed by atoms with Crippen molar-refractivity contribution in [2.24, 2.45) is 0 Å². The highest BCUT2D eigenvalue weighted by Crippen LogP contribution is 2.25. The first-order chi connectivity index (χ1) is 10.0. The van der Waals surface area contributed by atoms with E-state index < -0.39 is 0 Å². The topological polar surface area (TPSA) is 59.9 Å². The maximum Gasteiger partial charge on any atom is 0.321 e. The Morgan fingerprint density at radius 2 is 1.67 bits per heavy atom. The fourth-order valence-corrected chi connectivity index (χ4v) is 2.11. The molecule has 0 radical (unpaired) electrons. The van der Waals surface area contributed by atoms with E-state index in [1.807, 2.05) is 13.8 Å². The zero-order valence-electron chi connectivity index (χ0n) is 13.3. The molecule has 112 valence electrons. The van der Waals surface area contributed by atoms with Crippen LogP contribution in [0.5, 0.6) is 6.01 Å². The Labute approximate surface area is 125 Å². The van der Waals surface area contributed by atoms with Crippen molar-refractivity contribution in [3.05, 3.63) is 28.8 Å². The van der Waals surface area contributed by atoms with Crippen molar-refractivity contribution in [3.63, 3.8) is 0 Å². The van der Waals surface area contributed by atoms with E-state index in [0.29, 0.717) is 24.4 Å². The van der Waals surface area contributed by atoms with Gasteiger partial charge >= 0.3 is 6.01 Å². The van der Waals surface area contributed by atoms with Gasteiger partial charge in [0.15, 0.2) is 5.82 Å². The summed E-state index contributed by atoms with van der Waals surface area (Å²) in [5.74, 6) is 1.19. The summed E-state index contributed by atoms with van der Waals surface area (Å²) in [6, 6.07) is 4.63. The molecule has 21 heavy (non-hydrogen) atoms. The molecular weight excluding hydrogens is 264 g/mol. The highest BCUT2D eigenvalue weighted by Gasteiger charge is 2.12. The molecule has 2 aromatic rings. The first kappa shape index (κ1) is 15.2. The minimum Gasteiger partial charge on any atom is -0.464 e. The van der Waals surface area contributed by atoms with Gasteiger partial charge in [-0.05, 0) is 57.4 Å². The monoisotopic (exact) mass is 286 g/mol. The summed E-state index contributed by atoms with van der Waals surface area (Å²) in [6.07, 6.45) is 0. The summed E-state index contributed by atoms with van der Waals surface area (Å²) in [5.41, 5.74) is 4.65. The average Bonchev–Trinajstić information content (AvgIpc) is 2.43. The normalized spacial score (nSPS) is 10.5. The maximum absolute atomic E-state index is 5.45. The second-order valence-electron chi connectivity index (χ2n) is 4.98. The van der Waals surface area contributed by atoms with Gasteiger partial charge in [-0.2, -0.15) is 15.0 Å². The van der Waals surface area contributed by atoms with Crippen molar-refractivity contribution in [2.75, 3.05) is 18.5 Å². The number of nitrogens with one attached hydrogen (secondary N) is 1. The van der Waals surface area contributed by atoms with Gasteiger partial charge in [-0.1, -0.05) is 6.07 Å². The van der Waals surface area contributed by atoms with Crippen LogP contribution in [-0.4, -0.2) is 28.1 Å². The predicted octanol–water partition coefficient (Wildman–Crippen LogP) is 3.29. The van der Waals surface area contributed by atoms with E-state index in [-0.39, 0.29) is 0 Å². The van der Waals surface area contributed by atoms with E-state index >= 15 is 0 Å². The molecule has 5 nitrogen and oxygen atoms in total. The Morgan fingerprint density at radius 3 is 2.33 bits per heavy atom. The number of hydrogen-bond donors (Lipinski definition) is 1. The lowest BCUT2D eigenvalue weighted by Gasteiger charge is -2.11. The van der Waals surface area contributed by atoms with Crippen LogP contribution in [0, 0.1) is 20.8 Å². The summed E-state index contributed by atoms with van der Waals surface area (Å²) in [4.78, 5) is 13.2. The molecule has 0 saturated heterocycles. The van der Waals surface area contributed by atoms with Crippen LogP contribution >= 0.6 is 0 Å². The van der Waals surface area contributed by atoms with E-state index in [1.54, 1.807) is 0 Å². The Kier molecular flexibility index (Phi) is 4.73. The number of hydrogen-bond acceptors (Lipinski definition) is 5. The van der Waals surface area contributed by atoms with E-state index in [0.717, 1.165) is 17.7 Å². The number of aromatic nitrogens is 3. The molecule has 0 aliphatic carbocycles. The lowest BCUT2D eigenvalue weighted by molar-refractivity contribution is 0.312. The van der Waals surface area contributed by atoms with E-state index in [2.05, 4.69) is 53.2 Å². The summed E-state index contributed by atoms with van der Waals surface area (Å²) < 4.78 is 5.45. The SMILES string of the molecule is CCNc1nc(OCC)nc(-c2cc(C)c(C)cc2C)n1. The first-order valence-electron chi connectivity index (χ1n) is 7.26. The van der Waals surface area contributed by atoms with Crippen LogP contribution in [0.1, 0.15) is 30.5 Å². The smallest absolute Gasteiger partial charge is 0.321 e. The summed E-state index contributed by atoms with van der Waals surface area (Å²) in [6.45, 7) is 11.5. The van der Waals surface area contributed by atoms with E-state index in [1.165, 1.54) is 11.1 Å². The van der Waals surface area contributed by atoms with Gasteiger partial charge in [0.05, 0.1) is 6.61 Å². The summed E-state index contributed by atoms with van der Waals surface area (Å²) in [5, 5.41) is 3.12. The number of ether oxygens (including phenoxy) is 1. The molecule has 2 rings (SSSR count). The van der Waals surface area contributed by atoms with Crippen molar-refractivity contribution >= 4 is 5.95 Å². The van der Waals surface area contributed by atoms with Gasteiger partial charge in [0.1, 0.15) is 0 Å². The number of benzene rings is 1. The van der Waals surface area contributed by atoms with Gasteiger partial charge in [0.2, 0.25) is 5.95 Å². The maximum atomic E-state index is 5.45. The Morgan fingerprint density at radius 1 is 0.952 bits per heavy atom. The van der Waals surface area contributed by atoms with Gasteiger partial charge in [0, 0.05) is 12.1 Å². The Balaban J connectivity index is 2.54. The average molecular weight is 286 g/mol. The second kappa shape index (κ2) is 6.52. The van der Waals surface area contributed by atoms with Gasteiger partial charge in [0.25, 0.3) is 0 Å². The second-order valence-corrected chi connectivity index (χ2v) is 4.98. The molecule has 0 spiro atoms. The zero-order chi connectivity index (χ0) is 15.4. The van der Waals surface area contributed by atoms with Crippen LogP contribution in [0.3, 0.4) is 0 Å². The zero-order valence-corrected chi connectivity index (χ0v) is 13.3. The molecule has 1 heterocycles. The van der Waals surface area contributed by atoms with Crippen molar-refractivity contribution in [3.8, 4) is 17.4 Å². The minimum atomic E-state index is 0.357. The van der Waals surface area contributed by atoms with Gasteiger partial charge in [-0.15, -0.1) is 0 Å².